The summed E-state index contributed by atoms with van der Waals surface area (Å²) in [5.41, 5.74) is 20.3. The van der Waals surface area contributed by atoms with Crippen molar-refractivity contribution in [2.75, 3.05) is 5.73 Å². The van der Waals surface area contributed by atoms with Crippen LogP contribution >= 0.6 is 0 Å². The van der Waals surface area contributed by atoms with Gasteiger partial charge in [-0.05, 0) is 75.3 Å². The topological polar surface area (TPSA) is 26.0 Å². The maximum absolute atomic E-state index is 6.46. The first kappa shape index (κ1) is 13.1. The Morgan fingerprint density at radius 3 is 1.80 bits per heavy atom. The Bertz CT molecular complexity index is 608. The summed E-state index contributed by atoms with van der Waals surface area (Å²) in [6.07, 6.45) is 11.1. The minimum absolute atomic E-state index is 0.909. The predicted octanol–water partition coefficient (Wildman–Crippen LogP) is 5.02. The van der Waals surface area contributed by atoms with Gasteiger partial charge in [-0.3, -0.25) is 0 Å². The molecule has 2 aliphatic rings. The molecule has 0 saturated heterocycles. The number of allylic oxidation sites excluding steroid dienone is 2. The molecule has 0 fully saturated rings. The lowest BCUT2D eigenvalue weighted by atomic mass is 9.89. The normalized spacial score (nSPS) is 17.9. The SMILES string of the molecule is Cc1cc(C2=C=CCCC2)c(N)c(C2=C=CCCC2)c1. The number of rotatable bonds is 2. The number of benzene rings is 1. The molecule has 0 radical (unpaired) electrons. The highest BCUT2D eigenvalue weighted by molar-refractivity contribution is 5.85. The molecule has 0 atom stereocenters. The molecule has 0 amide bonds. The van der Waals surface area contributed by atoms with E-state index in [1.807, 2.05) is 0 Å². The number of hydrogen-bond acceptors (Lipinski definition) is 1. The average molecular weight is 263 g/mol. The van der Waals surface area contributed by atoms with Crippen LogP contribution in [0.25, 0.3) is 11.1 Å². The van der Waals surface area contributed by atoms with Crippen molar-refractivity contribution in [2.45, 2.75) is 45.4 Å². The molecule has 0 saturated carbocycles. The van der Waals surface area contributed by atoms with E-state index in [1.165, 1.54) is 40.7 Å². The van der Waals surface area contributed by atoms with E-state index in [2.05, 4.69) is 42.7 Å². The average Bonchev–Trinajstić information content (AvgIpc) is 2.51. The molecule has 20 heavy (non-hydrogen) atoms. The van der Waals surface area contributed by atoms with E-state index in [9.17, 15) is 0 Å². The third-order valence-corrected chi connectivity index (χ3v) is 4.08. The molecule has 1 heteroatoms. The van der Waals surface area contributed by atoms with Crippen LogP contribution in [0.3, 0.4) is 0 Å². The lowest BCUT2D eigenvalue weighted by molar-refractivity contribution is 0.864. The molecule has 0 heterocycles. The predicted molar refractivity (Wildman–Crippen MR) is 86.3 cm³/mol. The molecular weight excluding hydrogens is 242 g/mol. The van der Waals surface area contributed by atoms with Gasteiger partial charge in [-0.1, -0.05) is 0 Å². The van der Waals surface area contributed by atoms with Gasteiger partial charge < -0.3 is 5.73 Å². The van der Waals surface area contributed by atoms with Crippen LogP contribution in [0.1, 0.15) is 55.2 Å². The first-order chi connectivity index (χ1) is 9.75. The van der Waals surface area contributed by atoms with Crippen molar-refractivity contribution in [2.24, 2.45) is 0 Å². The molecule has 1 nitrogen and oxygen atoms in total. The first-order valence-corrected chi connectivity index (χ1v) is 7.54. The van der Waals surface area contributed by atoms with Gasteiger partial charge in [0.25, 0.3) is 0 Å². The van der Waals surface area contributed by atoms with Crippen molar-refractivity contribution in [3.63, 3.8) is 0 Å². The molecule has 1 aromatic rings. The van der Waals surface area contributed by atoms with Crippen LogP contribution in [0.4, 0.5) is 5.69 Å². The Morgan fingerprint density at radius 1 is 0.900 bits per heavy atom. The molecule has 0 aliphatic heterocycles. The number of nitrogens with two attached hydrogens (primary N) is 1. The summed E-state index contributed by atoms with van der Waals surface area (Å²) in [4.78, 5) is 0. The van der Waals surface area contributed by atoms with Gasteiger partial charge in [-0.2, -0.15) is 0 Å². The molecule has 0 spiro atoms. The zero-order valence-electron chi connectivity index (χ0n) is 12.1. The third kappa shape index (κ3) is 2.51. The Kier molecular flexibility index (Phi) is 3.65. The third-order valence-electron chi connectivity index (χ3n) is 4.08. The van der Waals surface area contributed by atoms with Gasteiger partial charge in [-0.25, -0.2) is 0 Å². The van der Waals surface area contributed by atoms with E-state index >= 15 is 0 Å². The van der Waals surface area contributed by atoms with E-state index < -0.39 is 0 Å². The highest BCUT2D eigenvalue weighted by Gasteiger charge is 2.15. The van der Waals surface area contributed by atoms with Crippen molar-refractivity contribution < 1.29 is 0 Å². The second-order valence-corrected chi connectivity index (χ2v) is 5.71. The number of anilines is 1. The fourth-order valence-corrected chi connectivity index (χ4v) is 3.02. The maximum Gasteiger partial charge on any atom is 0.0479 e. The van der Waals surface area contributed by atoms with Crippen LogP contribution in [0.15, 0.2) is 35.7 Å². The van der Waals surface area contributed by atoms with Crippen LogP contribution in [0.5, 0.6) is 0 Å². The molecule has 2 aliphatic carbocycles. The fraction of sp³-hybridized carbons (Fsp3) is 0.368. The second-order valence-electron chi connectivity index (χ2n) is 5.71. The minimum atomic E-state index is 0.909. The van der Waals surface area contributed by atoms with E-state index in [0.29, 0.717) is 0 Å². The summed E-state index contributed by atoms with van der Waals surface area (Å²) in [5, 5.41) is 0. The fourth-order valence-electron chi connectivity index (χ4n) is 3.02. The smallest absolute Gasteiger partial charge is 0.0479 e. The van der Waals surface area contributed by atoms with E-state index in [1.54, 1.807) is 0 Å². The first-order valence-electron chi connectivity index (χ1n) is 7.54. The van der Waals surface area contributed by atoms with Crippen molar-refractivity contribution in [3.05, 3.63) is 52.4 Å². The minimum Gasteiger partial charge on any atom is -0.398 e. The summed E-state index contributed by atoms with van der Waals surface area (Å²) in [6, 6.07) is 4.40. The largest absolute Gasteiger partial charge is 0.398 e. The summed E-state index contributed by atoms with van der Waals surface area (Å²) in [6.45, 7) is 2.15. The summed E-state index contributed by atoms with van der Waals surface area (Å²) in [5.74, 6) is 0. The highest BCUT2D eigenvalue weighted by Crippen LogP contribution is 2.35. The molecule has 102 valence electrons. The van der Waals surface area contributed by atoms with Crippen LogP contribution in [-0.2, 0) is 0 Å². The second kappa shape index (κ2) is 5.59. The summed E-state index contributed by atoms with van der Waals surface area (Å²) < 4.78 is 0. The Hall–Kier alpha value is -1.94. The van der Waals surface area contributed by atoms with Gasteiger partial charge >= 0.3 is 0 Å². The molecule has 1 aromatic carbocycles. The highest BCUT2D eigenvalue weighted by atomic mass is 14.6. The molecule has 0 aromatic heterocycles. The standard InChI is InChI=1S/C19H21N/c1-14-12-17(15-8-4-2-5-9-15)19(20)18(13-14)16-10-6-3-7-11-16/h4,6,12-13H,2-3,5,7,9,11,20H2,1H3. The quantitative estimate of drug-likeness (QED) is 0.588. The van der Waals surface area contributed by atoms with Gasteiger partial charge in [0.05, 0.1) is 0 Å². The van der Waals surface area contributed by atoms with Gasteiger partial charge in [0.15, 0.2) is 0 Å². The molecule has 0 unspecified atom stereocenters. The molecule has 0 bridgehead atoms. The van der Waals surface area contributed by atoms with Gasteiger partial charge in [-0.15, -0.1) is 11.5 Å². The number of nitrogen functional groups attached to an aromatic ring is 1. The number of aryl methyl sites for hydroxylation is 1. The Labute approximate surface area is 121 Å². The zero-order valence-corrected chi connectivity index (χ0v) is 12.1. The van der Waals surface area contributed by atoms with Gasteiger partial charge in [0.1, 0.15) is 0 Å². The van der Waals surface area contributed by atoms with Gasteiger partial charge in [0, 0.05) is 28.0 Å². The van der Waals surface area contributed by atoms with Gasteiger partial charge in [0.2, 0.25) is 0 Å². The van der Waals surface area contributed by atoms with E-state index in [0.717, 1.165) is 31.4 Å². The van der Waals surface area contributed by atoms with E-state index in [4.69, 9.17) is 5.73 Å². The lowest BCUT2D eigenvalue weighted by Gasteiger charge is -2.17. The Morgan fingerprint density at radius 2 is 1.40 bits per heavy atom. The van der Waals surface area contributed by atoms with Crippen molar-refractivity contribution in [1.29, 1.82) is 0 Å². The van der Waals surface area contributed by atoms with Crippen LogP contribution in [-0.4, -0.2) is 0 Å². The van der Waals surface area contributed by atoms with Crippen LogP contribution < -0.4 is 5.73 Å². The van der Waals surface area contributed by atoms with Crippen LogP contribution in [0.2, 0.25) is 0 Å². The lowest BCUT2D eigenvalue weighted by Crippen LogP contribution is -2.02. The summed E-state index contributed by atoms with van der Waals surface area (Å²) in [7, 11) is 0. The Balaban J connectivity index is 2.15. The molecule has 2 N–H and O–H groups in total. The molecular formula is C19H21N. The van der Waals surface area contributed by atoms with Crippen molar-refractivity contribution in [1.82, 2.24) is 0 Å². The van der Waals surface area contributed by atoms with Crippen LogP contribution in [0, 0.1) is 6.92 Å². The monoisotopic (exact) mass is 263 g/mol. The van der Waals surface area contributed by atoms with E-state index in [-0.39, 0.29) is 0 Å². The molecule has 3 rings (SSSR count). The number of hydrogen-bond donors (Lipinski definition) is 1. The maximum atomic E-state index is 6.46. The zero-order chi connectivity index (χ0) is 13.9. The van der Waals surface area contributed by atoms with Crippen molar-refractivity contribution >= 4 is 16.8 Å². The summed E-state index contributed by atoms with van der Waals surface area (Å²) >= 11 is 0. The van der Waals surface area contributed by atoms with Crippen molar-refractivity contribution in [3.8, 4) is 0 Å².